The Bertz CT molecular complexity index is 838. The van der Waals surface area contributed by atoms with Gasteiger partial charge in [0.25, 0.3) is 5.91 Å². The normalized spacial score (nSPS) is 10.6. The number of carbonyl (C=O) groups excluding carboxylic acids is 1. The number of carbonyl (C=O) groups is 1. The molecular weight excluding hydrogens is 370 g/mol. The third-order valence-corrected chi connectivity index (χ3v) is 4.19. The minimum Gasteiger partial charge on any atom is -0.493 e. The van der Waals surface area contributed by atoms with Gasteiger partial charge in [-0.15, -0.1) is 0 Å². The molecule has 7 heteroatoms. The molecular formula is C20H20ClNO5. The van der Waals surface area contributed by atoms with Gasteiger partial charge in [0.15, 0.2) is 11.5 Å². The van der Waals surface area contributed by atoms with Gasteiger partial charge in [0.2, 0.25) is 0 Å². The zero-order valence-corrected chi connectivity index (χ0v) is 15.9. The highest BCUT2D eigenvalue weighted by Gasteiger charge is 2.22. The first-order valence-corrected chi connectivity index (χ1v) is 8.84. The van der Waals surface area contributed by atoms with Crippen LogP contribution in [0.4, 0.5) is 0 Å². The van der Waals surface area contributed by atoms with Gasteiger partial charge in [0.1, 0.15) is 11.5 Å². The van der Waals surface area contributed by atoms with Crippen molar-refractivity contribution in [2.24, 2.45) is 0 Å². The van der Waals surface area contributed by atoms with Crippen LogP contribution in [0.15, 0.2) is 57.8 Å². The molecule has 0 fully saturated rings. The fourth-order valence-electron chi connectivity index (χ4n) is 2.69. The van der Waals surface area contributed by atoms with E-state index in [1.807, 2.05) is 19.1 Å². The maximum Gasteiger partial charge on any atom is 0.254 e. The molecule has 6 nitrogen and oxygen atoms in total. The fraction of sp³-hybridized carbons (Fsp3) is 0.250. The maximum absolute atomic E-state index is 13.2. The molecule has 0 bridgehead atoms. The van der Waals surface area contributed by atoms with Crippen LogP contribution in [0.25, 0.3) is 0 Å². The number of furan rings is 2. The molecule has 3 rings (SSSR count). The van der Waals surface area contributed by atoms with E-state index in [-0.39, 0.29) is 5.91 Å². The van der Waals surface area contributed by atoms with Crippen LogP contribution in [0.1, 0.15) is 28.8 Å². The Labute approximate surface area is 162 Å². The first kappa shape index (κ1) is 18.9. The van der Waals surface area contributed by atoms with Gasteiger partial charge >= 0.3 is 0 Å². The largest absolute Gasteiger partial charge is 0.493 e. The summed E-state index contributed by atoms with van der Waals surface area (Å²) in [6.07, 6.45) is 3.14. The number of hydrogen-bond donors (Lipinski definition) is 0. The summed E-state index contributed by atoms with van der Waals surface area (Å²) >= 11 is 6.31. The first-order valence-electron chi connectivity index (χ1n) is 8.46. The average molecular weight is 390 g/mol. The number of benzene rings is 1. The van der Waals surface area contributed by atoms with Crippen molar-refractivity contribution in [1.29, 1.82) is 0 Å². The Morgan fingerprint density at radius 2 is 1.74 bits per heavy atom. The molecule has 1 aromatic carbocycles. The molecule has 142 valence electrons. The van der Waals surface area contributed by atoms with Gasteiger partial charge < -0.3 is 23.2 Å². The quantitative estimate of drug-likeness (QED) is 0.555. The summed E-state index contributed by atoms with van der Waals surface area (Å²) in [4.78, 5) is 14.8. The second-order valence-electron chi connectivity index (χ2n) is 5.74. The van der Waals surface area contributed by atoms with E-state index in [0.717, 1.165) is 0 Å². The van der Waals surface area contributed by atoms with Crippen molar-refractivity contribution in [2.45, 2.75) is 20.0 Å². The fourth-order valence-corrected chi connectivity index (χ4v) is 2.96. The van der Waals surface area contributed by atoms with E-state index in [1.54, 1.807) is 41.7 Å². The summed E-state index contributed by atoms with van der Waals surface area (Å²) in [5.74, 6) is 1.93. The molecule has 0 aliphatic carbocycles. The molecule has 3 aromatic rings. The van der Waals surface area contributed by atoms with Crippen LogP contribution < -0.4 is 9.47 Å². The molecule has 0 aliphatic rings. The second kappa shape index (κ2) is 8.68. The Balaban J connectivity index is 1.91. The topological polar surface area (TPSA) is 65.0 Å². The molecule has 0 spiro atoms. The van der Waals surface area contributed by atoms with Crippen molar-refractivity contribution in [3.05, 3.63) is 71.0 Å². The number of methoxy groups -OCH3 is 1. The van der Waals surface area contributed by atoms with E-state index in [4.69, 9.17) is 29.9 Å². The molecule has 0 saturated carbocycles. The van der Waals surface area contributed by atoms with E-state index in [2.05, 4.69) is 0 Å². The number of nitrogens with zero attached hydrogens (tertiary/aromatic N) is 1. The standard InChI is InChI=1S/C20H20ClNO5/c1-3-25-19-17(21)10-14(11-18(19)24-2)20(23)22(12-15-6-4-8-26-15)13-16-7-5-9-27-16/h4-11H,3,12-13H2,1-2H3. The molecule has 0 atom stereocenters. The van der Waals surface area contributed by atoms with Gasteiger partial charge in [0, 0.05) is 5.56 Å². The van der Waals surface area contributed by atoms with Gasteiger partial charge in [0.05, 0.1) is 44.4 Å². The third-order valence-electron chi connectivity index (χ3n) is 3.91. The Morgan fingerprint density at radius 1 is 1.11 bits per heavy atom. The Hall–Kier alpha value is -2.86. The summed E-state index contributed by atoms with van der Waals surface area (Å²) in [5.41, 5.74) is 0.387. The zero-order chi connectivity index (χ0) is 19.2. The van der Waals surface area contributed by atoms with Gasteiger partial charge in [-0.1, -0.05) is 11.6 Å². The van der Waals surface area contributed by atoms with Crippen molar-refractivity contribution in [3.63, 3.8) is 0 Å². The monoisotopic (exact) mass is 389 g/mol. The van der Waals surface area contributed by atoms with E-state index in [9.17, 15) is 4.79 Å². The van der Waals surface area contributed by atoms with E-state index in [1.165, 1.54) is 7.11 Å². The van der Waals surface area contributed by atoms with Gasteiger partial charge in [-0.3, -0.25) is 4.79 Å². The lowest BCUT2D eigenvalue weighted by molar-refractivity contribution is 0.0704. The number of halogens is 1. The van der Waals surface area contributed by atoms with Gasteiger partial charge in [-0.25, -0.2) is 0 Å². The second-order valence-corrected chi connectivity index (χ2v) is 6.15. The predicted molar refractivity (Wildman–Crippen MR) is 100 cm³/mol. The van der Waals surface area contributed by atoms with Crippen LogP contribution in [0.5, 0.6) is 11.5 Å². The van der Waals surface area contributed by atoms with Crippen LogP contribution in [0.3, 0.4) is 0 Å². The highest BCUT2D eigenvalue weighted by molar-refractivity contribution is 6.32. The summed E-state index contributed by atoms with van der Waals surface area (Å²) < 4.78 is 21.6. The Morgan fingerprint density at radius 3 is 2.22 bits per heavy atom. The minimum absolute atomic E-state index is 0.231. The molecule has 0 N–H and O–H groups in total. The van der Waals surface area contributed by atoms with E-state index in [0.29, 0.717) is 53.3 Å². The highest BCUT2D eigenvalue weighted by atomic mass is 35.5. The summed E-state index contributed by atoms with van der Waals surface area (Å²) in [7, 11) is 1.51. The van der Waals surface area contributed by atoms with Crippen LogP contribution >= 0.6 is 11.6 Å². The SMILES string of the molecule is CCOc1c(Cl)cc(C(=O)N(Cc2ccco2)Cc2ccco2)cc1OC. The first-order chi connectivity index (χ1) is 13.1. The van der Waals surface area contributed by atoms with E-state index >= 15 is 0 Å². The molecule has 0 radical (unpaired) electrons. The van der Waals surface area contributed by atoms with Gasteiger partial charge in [-0.2, -0.15) is 0 Å². The molecule has 1 amide bonds. The van der Waals surface area contributed by atoms with Crippen molar-refractivity contribution >= 4 is 17.5 Å². The molecule has 2 aromatic heterocycles. The van der Waals surface area contributed by atoms with E-state index < -0.39 is 0 Å². The van der Waals surface area contributed by atoms with Crippen LogP contribution in [0, 0.1) is 0 Å². The van der Waals surface area contributed by atoms with Crippen molar-refractivity contribution in [1.82, 2.24) is 4.90 Å². The van der Waals surface area contributed by atoms with Crippen molar-refractivity contribution in [3.8, 4) is 11.5 Å². The molecule has 0 aliphatic heterocycles. The summed E-state index contributed by atoms with van der Waals surface area (Å²) in [6.45, 7) is 2.87. The lowest BCUT2D eigenvalue weighted by atomic mass is 10.1. The van der Waals surface area contributed by atoms with Crippen LogP contribution in [0.2, 0.25) is 5.02 Å². The highest BCUT2D eigenvalue weighted by Crippen LogP contribution is 2.37. The molecule has 0 saturated heterocycles. The lowest BCUT2D eigenvalue weighted by Gasteiger charge is -2.22. The molecule has 27 heavy (non-hydrogen) atoms. The average Bonchev–Trinajstić information content (AvgIpc) is 3.36. The maximum atomic E-state index is 13.2. The minimum atomic E-state index is -0.231. The lowest BCUT2D eigenvalue weighted by Crippen LogP contribution is -2.30. The third kappa shape index (κ3) is 4.46. The zero-order valence-electron chi connectivity index (χ0n) is 15.1. The molecule has 2 heterocycles. The molecule has 0 unspecified atom stereocenters. The van der Waals surface area contributed by atoms with Crippen molar-refractivity contribution in [2.75, 3.05) is 13.7 Å². The Kier molecular flexibility index (Phi) is 6.08. The van der Waals surface area contributed by atoms with Crippen LogP contribution in [-0.2, 0) is 13.1 Å². The summed E-state index contributed by atoms with van der Waals surface area (Å²) in [5, 5.41) is 0.315. The van der Waals surface area contributed by atoms with Gasteiger partial charge in [-0.05, 0) is 43.3 Å². The number of ether oxygens (including phenoxy) is 2. The van der Waals surface area contributed by atoms with Crippen LogP contribution in [-0.4, -0.2) is 24.5 Å². The smallest absolute Gasteiger partial charge is 0.254 e. The number of hydrogen-bond acceptors (Lipinski definition) is 5. The number of amides is 1. The predicted octanol–water partition coefficient (Wildman–Crippen LogP) is 4.78. The van der Waals surface area contributed by atoms with Crippen molar-refractivity contribution < 1.29 is 23.1 Å². The number of rotatable bonds is 8. The summed E-state index contributed by atoms with van der Waals surface area (Å²) in [6, 6.07) is 10.4.